The second kappa shape index (κ2) is 6.32. The molecule has 0 saturated heterocycles. The van der Waals surface area contributed by atoms with E-state index in [1.807, 2.05) is 12.3 Å². The lowest BCUT2D eigenvalue weighted by Gasteiger charge is -2.08. The molecule has 0 spiro atoms. The van der Waals surface area contributed by atoms with Gasteiger partial charge in [0.2, 0.25) is 0 Å². The number of thiazole rings is 1. The third-order valence-electron chi connectivity index (χ3n) is 2.68. The number of ether oxygens (including phenoxy) is 1. The number of hydrogen-bond acceptors (Lipinski definition) is 4. The lowest BCUT2D eigenvalue weighted by Crippen LogP contribution is -2.03. The molecule has 1 heterocycles. The number of halogens is 2. The highest BCUT2D eigenvalue weighted by Gasteiger charge is 2.10. The van der Waals surface area contributed by atoms with E-state index in [0.29, 0.717) is 17.3 Å². The van der Waals surface area contributed by atoms with Gasteiger partial charge in [0.25, 0.3) is 0 Å². The lowest BCUT2D eigenvalue weighted by atomic mass is 10.3. The maximum atomic E-state index is 13.6. The molecule has 0 saturated carbocycles. The molecule has 0 aliphatic heterocycles. The number of hydrogen-bond donors (Lipinski definition) is 1. The zero-order valence-corrected chi connectivity index (χ0v) is 12.2. The van der Waals surface area contributed by atoms with Crippen molar-refractivity contribution in [3.05, 3.63) is 45.1 Å². The van der Waals surface area contributed by atoms with Gasteiger partial charge in [0.15, 0.2) is 0 Å². The summed E-state index contributed by atoms with van der Waals surface area (Å²) in [7, 11) is 1.64. The first-order valence-electron chi connectivity index (χ1n) is 5.76. The van der Waals surface area contributed by atoms with Crippen molar-refractivity contribution < 1.29 is 9.13 Å². The minimum atomic E-state index is -0.367. The van der Waals surface area contributed by atoms with E-state index in [9.17, 15) is 4.39 Å². The van der Waals surface area contributed by atoms with Crippen molar-refractivity contribution in [3.63, 3.8) is 0 Å². The number of nitrogens with zero attached hydrogens (tertiary/aromatic N) is 1. The number of aromatic nitrogens is 1. The molecule has 0 aliphatic carbocycles. The van der Waals surface area contributed by atoms with Gasteiger partial charge in [0, 0.05) is 12.5 Å². The van der Waals surface area contributed by atoms with Crippen molar-refractivity contribution >= 4 is 28.6 Å². The summed E-state index contributed by atoms with van der Waals surface area (Å²) in [6.07, 6.45) is -0.0317. The molecule has 6 heteroatoms. The van der Waals surface area contributed by atoms with Crippen molar-refractivity contribution in [3.8, 4) is 0 Å². The van der Waals surface area contributed by atoms with E-state index in [2.05, 4.69) is 10.3 Å². The molecular weight excluding hydrogens is 287 g/mol. The lowest BCUT2D eigenvalue weighted by molar-refractivity contribution is 0.119. The molecule has 1 aromatic carbocycles. The number of benzene rings is 1. The van der Waals surface area contributed by atoms with E-state index < -0.39 is 0 Å². The van der Waals surface area contributed by atoms with Crippen LogP contribution in [0.15, 0.2) is 23.6 Å². The maximum Gasteiger partial charge on any atom is 0.147 e. The van der Waals surface area contributed by atoms with Crippen LogP contribution in [-0.2, 0) is 11.3 Å². The minimum absolute atomic E-state index is 0.0317. The van der Waals surface area contributed by atoms with Gasteiger partial charge in [-0.1, -0.05) is 17.7 Å². The third kappa shape index (κ3) is 3.43. The third-order valence-corrected chi connectivity index (χ3v) is 4.05. The van der Waals surface area contributed by atoms with E-state index >= 15 is 0 Å². The summed E-state index contributed by atoms with van der Waals surface area (Å²) in [5.41, 5.74) is 1.14. The van der Waals surface area contributed by atoms with Gasteiger partial charge >= 0.3 is 0 Å². The predicted octanol–water partition coefficient (Wildman–Crippen LogP) is 4.26. The van der Waals surface area contributed by atoms with Gasteiger partial charge in [-0.15, -0.1) is 11.3 Å². The Kier molecular flexibility index (Phi) is 4.74. The SMILES string of the molecule is CO[C@@H](C)c1nc(CNc2c(F)cccc2Cl)cs1. The Morgan fingerprint density at radius 3 is 3.00 bits per heavy atom. The Bertz CT molecular complexity index is 541. The first-order chi connectivity index (χ1) is 9.11. The summed E-state index contributed by atoms with van der Waals surface area (Å²) in [6, 6.07) is 4.59. The molecule has 2 aromatic rings. The summed E-state index contributed by atoms with van der Waals surface area (Å²) in [6.45, 7) is 2.36. The fourth-order valence-corrected chi connectivity index (χ4v) is 2.62. The van der Waals surface area contributed by atoms with Crippen molar-refractivity contribution in [2.75, 3.05) is 12.4 Å². The highest BCUT2D eigenvalue weighted by Crippen LogP contribution is 2.26. The Balaban J connectivity index is 2.05. The molecule has 0 fully saturated rings. The summed E-state index contributed by atoms with van der Waals surface area (Å²) < 4.78 is 18.8. The maximum absolute atomic E-state index is 13.6. The van der Waals surface area contributed by atoms with Crippen molar-refractivity contribution in [2.45, 2.75) is 19.6 Å². The zero-order chi connectivity index (χ0) is 13.8. The highest BCUT2D eigenvalue weighted by molar-refractivity contribution is 7.09. The summed E-state index contributed by atoms with van der Waals surface area (Å²) in [4.78, 5) is 4.42. The van der Waals surface area contributed by atoms with Crippen LogP contribution in [-0.4, -0.2) is 12.1 Å². The number of rotatable bonds is 5. The topological polar surface area (TPSA) is 34.1 Å². The number of para-hydroxylation sites is 1. The molecule has 0 bridgehead atoms. The van der Waals surface area contributed by atoms with E-state index in [0.717, 1.165) is 10.7 Å². The highest BCUT2D eigenvalue weighted by atomic mass is 35.5. The molecule has 19 heavy (non-hydrogen) atoms. The Hall–Kier alpha value is -1.17. The van der Waals surface area contributed by atoms with Crippen LogP contribution in [0, 0.1) is 5.82 Å². The molecule has 102 valence electrons. The molecule has 0 radical (unpaired) electrons. The molecule has 2 rings (SSSR count). The van der Waals surface area contributed by atoms with Crippen molar-refractivity contribution in [1.82, 2.24) is 4.98 Å². The van der Waals surface area contributed by atoms with E-state index in [4.69, 9.17) is 16.3 Å². The average Bonchev–Trinajstić information content (AvgIpc) is 2.86. The summed E-state index contributed by atoms with van der Waals surface area (Å²) >= 11 is 7.46. The van der Waals surface area contributed by atoms with Crippen molar-refractivity contribution in [2.24, 2.45) is 0 Å². The zero-order valence-electron chi connectivity index (χ0n) is 10.6. The Morgan fingerprint density at radius 2 is 2.32 bits per heavy atom. The molecule has 0 unspecified atom stereocenters. The Morgan fingerprint density at radius 1 is 1.53 bits per heavy atom. The van der Waals surface area contributed by atoms with Crippen LogP contribution in [0.2, 0.25) is 5.02 Å². The van der Waals surface area contributed by atoms with E-state index in [1.54, 1.807) is 19.2 Å². The number of nitrogens with one attached hydrogen (secondary N) is 1. The van der Waals surface area contributed by atoms with Gasteiger partial charge in [0.05, 0.1) is 22.9 Å². The van der Waals surface area contributed by atoms with Gasteiger partial charge in [0.1, 0.15) is 16.9 Å². The smallest absolute Gasteiger partial charge is 0.147 e. The van der Waals surface area contributed by atoms with E-state index in [-0.39, 0.29) is 11.9 Å². The second-order valence-corrected chi connectivity index (χ2v) is 5.30. The van der Waals surface area contributed by atoms with Gasteiger partial charge in [-0.05, 0) is 19.1 Å². The van der Waals surface area contributed by atoms with Crippen LogP contribution in [0.4, 0.5) is 10.1 Å². The van der Waals surface area contributed by atoms with Crippen LogP contribution in [0.5, 0.6) is 0 Å². The van der Waals surface area contributed by atoms with Gasteiger partial charge < -0.3 is 10.1 Å². The van der Waals surface area contributed by atoms with Gasteiger partial charge in [-0.3, -0.25) is 0 Å². The molecule has 3 nitrogen and oxygen atoms in total. The van der Waals surface area contributed by atoms with Gasteiger partial charge in [-0.2, -0.15) is 0 Å². The molecule has 1 N–H and O–H groups in total. The standard InChI is InChI=1S/C13H14ClFN2OS/c1-8(18-2)13-17-9(7-19-13)6-16-12-10(14)4-3-5-11(12)15/h3-5,7-8,16H,6H2,1-2H3/t8-/m0/s1. The molecule has 1 atom stereocenters. The Labute approximate surface area is 120 Å². The number of anilines is 1. The molecule has 0 aliphatic rings. The van der Waals surface area contributed by atoms with Crippen molar-refractivity contribution in [1.29, 1.82) is 0 Å². The first-order valence-corrected chi connectivity index (χ1v) is 7.02. The van der Waals surface area contributed by atoms with Crippen LogP contribution < -0.4 is 5.32 Å². The first kappa shape index (κ1) is 14.2. The normalized spacial score (nSPS) is 12.4. The van der Waals surface area contributed by atoms with Crippen LogP contribution in [0.3, 0.4) is 0 Å². The average molecular weight is 301 g/mol. The van der Waals surface area contributed by atoms with Crippen LogP contribution >= 0.6 is 22.9 Å². The monoisotopic (exact) mass is 300 g/mol. The summed E-state index contributed by atoms with van der Waals surface area (Å²) in [5, 5.41) is 6.15. The fraction of sp³-hybridized carbons (Fsp3) is 0.308. The summed E-state index contributed by atoms with van der Waals surface area (Å²) in [5.74, 6) is -0.367. The molecule has 0 amide bonds. The van der Waals surface area contributed by atoms with Crippen LogP contribution in [0.1, 0.15) is 23.7 Å². The number of methoxy groups -OCH3 is 1. The second-order valence-electron chi connectivity index (χ2n) is 4.01. The quantitative estimate of drug-likeness (QED) is 0.896. The predicted molar refractivity (Wildman–Crippen MR) is 76.3 cm³/mol. The molecule has 1 aromatic heterocycles. The molecular formula is C13H14ClFN2OS. The van der Waals surface area contributed by atoms with E-state index in [1.165, 1.54) is 17.4 Å². The van der Waals surface area contributed by atoms with Crippen LogP contribution in [0.25, 0.3) is 0 Å². The van der Waals surface area contributed by atoms with Gasteiger partial charge in [-0.25, -0.2) is 9.37 Å². The fourth-order valence-electron chi connectivity index (χ4n) is 1.54. The largest absolute Gasteiger partial charge is 0.376 e. The minimum Gasteiger partial charge on any atom is -0.376 e.